The van der Waals surface area contributed by atoms with Gasteiger partial charge in [-0.2, -0.15) is 0 Å². The Labute approximate surface area is 119 Å². The minimum absolute atomic E-state index is 0.471. The maximum absolute atomic E-state index is 2.53. The second-order valence-corrected chi connectivity index (χ2v) is 6.59. The summed E-state index contributed by atoms with van der Waals surface area (Å²) >= 11 is 0. The molecule has 0 bridgehead atoms. The maximum atomic E-state index is 2.53. The molecule has 0 nitrogen and oxygen atoms in total. The summed E-state index contributed by atoms with van der Waals surface area (Å²) in [6.45, 7) is 11.2. The van der Waals surface area contributed by atoms with Crippen LogP contribution in [0.25, 0.3) is 0 Å². The zero-order valence-corrected chi connectivity index (χ0v) is 13.4. The third-order valence-corrected chi connectivity index (χ3v) is 5.46. The van der Waals surface area contributed by atoms with Gasteiger partial charge in [-0.3, -0.25) is 0 Å². The van der Waals surface area contributed by atoms with Gasteiger partial charge < -0.3 is 0 Å². The number of aryl methyl sites for hydroxylation is 2. The molecule has 3 atom stereocenters. The van der Waals surface area contributed by atoms with E-state index in [0.29, 0.717) is 5.41 Å². The predicted octanol–water partition coefficient (Wildman–Crippen LogP) is 5.66. The van der Waals surface area contributed by atoms with Gasteiger partial charge in [0.1, 0.15) is 0 Å². The van der Waals surface area contributed by atoms with Crippen molar-refractivity contribution in [1.82, 2.24) is 0 Å². The van der Waals surface area contributed by atoms with E-state index in [1.807, 2.05) is 13.8 Å². The van der Waals surface area contributed by atoms with E-state index in [0.717, 1.165) is 11.8 Å². The van der Waals surface area contributed by atoms with Crippen LogP contribution >= 0.6 is 0 Å². The molecule has 0 radical (unpaired) electrons. The molecule has 0 aliphatic heterocycles. The Balaban J connectivity index is 0.000000637. The molecule has 1 aromatic rings. The van der Waals surface area contributed by atoms with E-state index in [2.05, 4.69) is 39.0 Å². The van der Waals surface area contributed by atoms with E-state index in [9.17, 15) is 0 Å². The number of rotatable bonds is 0. The van der Waals surface area contributed by atoms with E-state index in [1.165, 1.54) is 37.7 Å². The number of hydrogen-bond acceptors (Lipinski definition) is 0. The summed E-state index contributed by atoms with van der Waals surface area (Å²) in [5.74, 6) is 1.84. The summed E-state index contributed by atoms with van der Waals surface area (Å²) in [6.07, 6.45) is 6.98. The molecular formula is C19H30. The highest BCUT2D eigenvalue weighted by Crippen LogP contribution is 2.51. The van der Waals surface area contributed by atoms with E-state index in [-0.39, 0.29) is 0 Å². The minimum atomic E-state index is 0.471. The monoisotopic (exact) mass is 258 g/mol. The van der Waals surface area contributed by atoms with Gasteiger partial charge in [-0.25, -0.2) is 0 Å². The lowest BCUT2D eigenvalue weighted by molar-refractivity contribution is 0.118. The molecule has 1 fully saturated rings. The maximum Gasteiger partial charge on any atom is -0.00417 e. The molecular weight excluding hydrogens is 228 g/mol. The van der Waals surface area contributed by atoms with Crippen LogP contribution in [0.2, 0.25) is 0 Å². The molecule has 2 aliphatic carbocycles. The standard InChI is InChI=1S/C17H24.C2H6/c1-12-6-8-16-14(11-12)7-9-15-13(2)5-4-10-17(15,16)3;1-2/h6,8,11,13,15H,4-5,7,9-10H2,1-3H3;1-2H3. The molecule has 0 spiro atoms. The number of fused-ring (bicyclic) bond motifs is 3. The van der Waals surface area contributed by atoms with Gasteiger partial charge in [-0.15, -0.1) is 0 Å². The molecule has 106 valence electrons. The van der Waals surface area contributed by atoms with Crippen LogP contribution in [0.3, 0.4) is 0 Å². The molecule has 0 heteroatoms. The molecule has 0 aromatic heterocycles. The molecule has 0 amide bonds. The summed E-state index contributed by atoms with van der Waals surface area (Å²) < 4.78 is 0. The predicted molar refractivity (Wildman–Crippen MR) is 84.7 cm³/mol. The molecule has 2 aliphatic rings. The third-order valence-electron chi connectivity index (χ3n) is 5.46. The average molecular weight is 258 g/mol. The van der Waals surface area contributed by atoms with Gasteiger partial charge >= 0.3 is 0 Å². The van der Waals surface area contributed by atoms with Crippen LogP contribution in [0.1, 0.15) is 70.1 Å². The van der Waals surface area contributed by atoms with Crippen molar-refractivity contribution in [3.63, 3.8) is 0 Å². The highest BCUT2D eigenvalue weighted by atomic mass is 14.5. The lowest BCUT2D eigenvalue weighted by Gasteiger charge is -2.49. The lowest BCUT2D eigenvalue weighted by Crippen LogP contribution is -2.43. The van der Waals surface area contributed by atoms with Crippen LogP contribution in [0.5, 0.6) is 0 Å². The van der Waals surface area contributed by atoms with Gasteiger partial charge in [0, 0.05) is 0 Å². The van der Waals surface area contributed by atoms with Crippen LogP contribution in [0.15, 0.2) is 18.2 Å². The van der Waals surface area contributed by atoms with E-state index >= 15 is 0 Å². The molecule has 1 aromatic carbocycles. The first-order valence-electron chi connectivity index (χ1n) is 8.21. The number of benzene rings is 1. The van der Waals surface area contributed by atoms with Crippen LogP contribution < -0.4 is 0 Å². The van der Waals surface area contributed by atoms with Crippen molar-refractivity contribution in [1.29, 1.82) is 0 Å². The Morgan fingerprint density at radius 1 is 1.16 bits per heavy atom. The zero-order chi connectivity index (χ0) is 14.0. The third kappa shape index (κ3) is 2.47. The van der Waals surface area contributed by atoms with Gasteiger partial charge in [0.05, 0.1) is 0 Å². The summed E-state index contributed by atoms with van der Waals surface area (Å²) in [6, 6.07) is 7.16. The van der Waals surface area contributed by atoms with Crippen LogP contribution in [-0.4, -0.2) is 0 Å². The fourth-order valence-electron chi connectivity index (χ4n) is 4.54. The summed E-state index contributed by atoms with van der Waals surface area (Å²) in [7, 11) is 0. The van der Waals surface area contributed by atoms with Crippen molar-refractivity contribution in [2.24, 2.45) is 11.8 Å². The second-order valence-electron chi connectivity index (χ2n) is 6.59. The fraction of sp³-hybridized carbons (Fsp3) is 0.684. The van der Waals surface area contributed by atoms with Crippen molar-refractivity contribution >= 4 is 0 Å². The van der Waals surface area contributed by atoms with Gasteiger partial charge in [-0.05, 0) is 54.6 Å². The second kappa shape index (κ2) is 5.69. The van der Waals surface area contributed by atoms with Crippen molar-refractivity contribution in [3.05, 3.63) is 34.9 Å². The molecule has 1 saturated carbocycles. The Morgan fingerprint density at radius 3 is 2.63 bits per heavy atom. The Kier molecular flexibility index (Phi) is 4.38. The molecule has 3 unspecified atom stereocenters. The summed E-state index contributed by atoms with van der Waals surface area (Å²) in [5, 5.41) is 0. The van der Waals surface area contributed by atoms with Crippen LogP contribution in [-0.2, 0) is 11.8 Å². The Hall–Kier alpha value is -0.780. The van der Waals surface area contributed by atoms with Crippen molar-refractivity contribution in [3.8, 4) is 0 Å². The van der Waals surface area contributed by atoms with Crippen LogP contribution in [0.4, 0.5) is 0 Å². The van der Waals surface area contributed by atoms with E-state index in [1.54, 1.807) is 11.1 Å². The largest absolute Gasteiger partial charge is 0.0683 e. The molecule has 0 N–H and O–H groups in total. The van der Waals surface area contributed by atoms with Crippen molar-refractivity contribution in [2.45, 2.75) is 72.1 Å². The molecule has 19 heavy (non-hydrogen) atoms. The smallest absolute Gasteiger partial charge is 0.00417 e. The highest BCUT2D eigenvalue weighted by molar-refractivity contribution is 5.40. The molecule has 0 heterocycles. The normalized spacial score (nSPS) is 32.7. The highest BCUT2D eigenvalue weighted by Gasteiger charge is 2.44. The van der Waals surface area contributed by atoms with Gasteiger partial charge in [0.15, 0.2) is 0 Å². The first kappa shape index (κ1) is 14.6. The SMILES string of the molecule is CC.Cc1ccc2c(c1)CCC1C(C)CCCC21C. The fourth-order valence-corrected chi connectivity index (χ4v) is 4.54. The van der Waals surface area contributed by atoms with E-state index < -0.39 is 0 Å². The lowest BCUT2D eigenvalue weighted by atomic mass is 9.55. The Bertz CT molecular complexity index is 432. The molecule has 0 saturated heterocycles. The number of hydrogen-bond donors (Lipinski definition) is 0. The first-order valence-corrected chi connectivity index (χ1v) is 8.21. The Morgan fingerprint density at radius 2 is 1.89 bits per heavy atom. The summed E-state index contributed by atoms with van der Waals surface area (Å²) in [5.41, 5.74) is 5.21. The quantitative estimate of drug-likeness (QED) is 0.563. The van der Waals surface area contributed by atoms with Gasteiger partial charge in [0.25, 0.3) is 0 Å². The average Bonchev–Trinajstić information content (AvgIpc) is 2.40. The van der Waals surface area contributed by atoms with Crippen molar-refractivity contribution < 1.29 is 0 Å². The van der Waals surface area contributed by atoms with Crippen molar-refractivity contribution in [2.75, 3.05) is 0 Å². The van der Waals surface area contributed by atoms with Gasteiger partial charge in [-0.1, -0.05) is 64.3 Å². The molecule has 3 rings (SSSR count). The minimum Gasteiger partial charge on any atom is -0.0683 e. The topological polar surface area (TPSA) is 0 Å². The first-order chi connectivity index (χ1) is 9.11. The van der Waals surface area contributed by atoms with E-state index in [4.69, 9.17) is 0 Å². The zero-order valence-electron chi connectivity index (χ0n) is 13.4. The van der Waals surface area contributed by atoms with Crippen LogP contribution in [0, 0.1) is 18.8 Å². The summed E-state index contributed by atoms with van der Waals surface area (Å²) in [4.78, 5) is 0. The van der Waals surface area contributed by atoms with Gasteiger partial charge in [0.2, 0.25) is 0 Å².